The Hall–Kier alpha value is -2.93. The highest BCUT2D eigenvalue weighted by molar-refractivity contribution is 7.89. The largest absolute Gasteiger partial charge is 0.416 e. The Bertz CT molecular complexity index is 996. The van der Waals surface area contributed by atoms with Crippen molar-refractivity contribution in [3.05, 3.63) is 48.3 Å². The topological polar surface area (TPSA) is 108 Å². The Morgan fingerprint density at radius 1 is 1.06 bits per heavy atom. The minimum absolute atomic E-state index is 0.0468. The molecule has 0 atom stereocenters. The molecule has 1 aromatic heterocycles. The van der Waals surface area contributed by atoms with Crippen LogP contribution in [-0.4, -0.2) is 67.2 Å². The summed E-state index contributed by atoms with van der Waals surface area (Å²) in [5.74, 6) is 0.206. The smallest absolute Gasteiger partial charge is 0.338 e. The molecule has 0 spiro atoms. The van der Waals surface area contributed by atoms with Gasteiger partial charge in [-0.2, -0.15) is 17.5 Å². The van der Waals surface area contributed by atoms with Crippen LogP contribution in [0.15, 0.2) is 42.7 Å². The number of alkyl halides is 3. The molecule has 2 amide bonds. The minimum atomic E-state index is -4.53. The zero-order valence-electron chi connectivity index (χ0n) is 16.3. The molecule has 0 aliphatic carbocycles. The highest BCUT2D eigenvalue weighted by Crippen LogP contribution is 2.30. The third-order valence-corrected chi connectivity index (χ3v) is 6.43. The summed E-state index contributed by atoms with van der Waals surface area (Å²) in [6.07, 6.45) is -1.30. The molecule has 1 fully saturated rings. The van der Waals surface area contributed by atoms with Gasteiger partial charge in [-0.05, 0) is 24.3 Å². The van der Waals surface area contributed by atoms with Crippen LogP contribution in [-0.2, 0) is 16.2 Å². The van der Waals surface area contributed by atoms with Gasteiger partial charge in [0.2, 0.25) is 16.0 Å². The van der Waals surface area contributed by atoms with Crippen LogP contribution in [0.1, 0.15) is 5.56 Å². The number of aromatic nitrogens is 2. The van der Waals surface area contributed by atoms with Crippen molar-refractivity contribution >= 4 is 27.7 Å². The molecule has 1 aliphatic heterocycles. The molecule has 2 N–H and O–H groups in total. The fourth-order valence-electron chi connectivity index (χ4n) is 2.99. The molecule has 0 radical (unpaired) electrons. The van der Waals surface area contributed by atoms with E-state index in [0.29, 0.717) is 19.0 Å². The Kier molecular flexibility index (Phi) is 6.95. The van der Waals surface area contributed by atoms with E-state index < -0.39 is 27.8 Å². The molecule has 1 aliphatic rings. The lowest BCUT2D eigenvalue weighted by molar-refractivity contribution is -0.137. The molecule has 3 rings (SSSR count). The summed E-state index contributed by atoms with van der Waals surface area (Å²) in [4.78, 5) is 22.1. The maximum atomic E-state index is 12.7. The number of urea groups is 1. The zero-order valence-corrected chi connectivity index (χ0v) is 17.2. The maximum Gasteiger partial charge on any atom is 0.416 e. The molecule has 0 bridgehead atoms. The summed E-state index contributed by atoms with van der Waals surface area (Å²) in [6.45, 7) is 1.21. The van der Waals surface area contributed by atoms with Gasteiger partial charge in [-0.1, -0.05) is 6.07 Å². The van der Waals surface area contributed by atoms with Crippen LogP contribution < -0.4 is 15.5 Å². The molecule has 1 aromatic carbocycles. The van der Waals surface area contributed by atoms with E-state index in [9.17, 15) is 26.4 Å². The normalized spacial score (nSPS) is 15.5. The van der Waals surface area contributed by atoms with Crippen LogP contribution in [0.5, 0.6) is 0 Å². The van der Waals surface area contributed by atoms with Gasteiger partial charge < -0.3 is 15.5 Å². The molecule has 2 aromatic rings. The number of benzene rings is 1. The molecule has 13 heteroatoms. The average molecular weight is 458 g/mol. The molecule has 31 heavy (non-hydrogen) atoms. The third-order valence-electron chi connectivity index (χ3n) is 4.56. The van der Waals surface area contributed by atoms with E-state index in [4.69, 9.17) is 0 Å². The number of anilines is 2. The summed E-state index contributed by atoms with van der Waals surface area (Å²) in [6, 6.07) is 5.07. The summed E-state index contributed by atoms with van der Waals surface area (Å²) >= 11 is 0. The average Bonchev–Trinajstić information content (AvgIpc) is 2.74. The van der Waals surface area contributed by atoms with Crippen LogP contribution in [0, 0.1) is 0 Å². The molecule has 2 heterocycles. The molecule has 9 nitrogen and oxygen atoms in total. The Balaban J connectivity index is 1.45. The zero-order chi connectivity index (χ0) is 22.5. The number of amides is 2. The number of hydrogen-bond donors (Lipinski definition) is 2. The predicted octanol–water partition coefficient (Wildman–Crippen LogP) is 1.77. The summed E-state index contributed by atoms with van der Waals surface area (Å²) in [5.41, 5.74) is -0.942. The monoisotopic (exact) mass is 458 g/mol. The summed E-state index contributed by atoms with van der Waals surface area (Å²) in [5, 5.41) is 4.62. The van der Waals surface area contributed by atoms with Crippen molar-refractivity contribution < 1.29 is 26.4 Å². The maximum absolute atomic E-state index is 12.7. The van der Waals surface area contributed by atoms with E-state index >= 15 is 0 Å². The van der Waals surface area contributed by atoms with Gasteiger partial charge in [0.05, 0.1) is 11.3 Å². The fraction of sp³-hybridized carbons (Fsp3) is 0.389. The van der Waals surface area contributed by atoms with Gasteiger partial charge in [0, 0.05) is 50.8 Å². The van der Waals surface area contributed by atoms with Crippen molar-refractivity contribution in [3.8, 4) is 0 Å². The lowest BCUT2D eigenvalue weighted by Gasteiger charge is -2.33. The van der Waals surface area contributed by atoms with Crippen molar-refractivity contribution in [2.24, 2.45) is 0 Å². The number of rotatable bonds is 6. The first kappa shape index (κ1) is 22.7. The highest BCUT2D eigenvalue weighted by atomic mass is 32.2. The van der Waals surface area contributed by atoms with Crippen molar-refractivity contribution in [3.63, 3.8) is 0 Å². The van der Waals surface area contributed by atoms with Gasteiger partial charge in [-0.25, -0.2) is 23.2 Å². The quantitative estimate of drug-likeness (QED) is 0.683. The standard InChI is InChI=1S/C18H21F3N6O3S/c19-18(20,21)14-3-1-4-15(13-14)25-17(28)24-7-12-31(29,30)27-10-8-26(9-11-27)16-22-5-2-6-23-16/h1-6,13H,7-12H2,(H2,24,25,28). The Morgan fingerprint density at radius 2 is 1.74 bits per heavy atom. The predicted molar refractivity (Wildman–Crippen MR) is 108 cm³/mol. The van der Waals surface area contributed by atoms with E-state index in [1.54, 1.807) is 18.5 Å². The van der Waals surface area contributed by atoms with Crippen molar-refractivity contribution in [2.75, 3.05) is 48.7 Å². The van der Waals surface area contributed by atoms with Crippen molar-refractivity contribution in [1.29, 1.82) is 0 Å². The van der Waals surface area contributed by atoms with Gasteiger partial charge in [0.1, 0.15) is 0 Å². The lowest BCUT2D eigenvalue weighted by atomic mass is 10.2. The second kappa shape index (κ2) is 9.47. The van der Waals surface area contributed by atoms with E-state index in [1.807, 2.05) is 4.90 Å². The summed E-state index contributed by atoms with van der Waals surface area (Å²) in [7, 11) is -3.61. The minimum Gasteiger partial charge on any atom is -0.338 e. The molecule has 0 saturated carbocycles. The lowest BCUT2D eigenvalue weighted by Crippen LogP contribution is -2.50. The van der Waals surface area contributed by atoms with Gasteiger partial charge in [-0.15, -0.1) is 0 Å². The van der Waals surface area contributed by atoms with E-state index in [-0.39, 0.29) is 31.1 Å². The molecular weight excluding hydrogens is 437 g/mol. The Labute approximate surface area is 177 Å². The molecule has 168 valence electrons. The number of nitrogens with zero attached hydrogens (tertiary/aromatic N) is 4. The van der Waals surface area contributed by atoms with Crippen LogP contribution in [0.2, 0.25) is 0 Å². The van der Waals surface area contributed by atoms with Gasteiger partial charge in [0.25, 0.3) is 0 Å². The van der Waals surface area contributed by atoms with Crippen LogP contribution in [0.4, 0.5) is 29.6 Å². The number of nitrogens with one attached hydrogen (secondary N) is 2. The molecule has 1 saturated heterocycles. The van der Waals surface area contributed by atoms with Crippen LogP contribution in [0.3, 0.4) is 0 Å². The highest BCUT2D eigenvalue weighted by Gasteiger charge is 2.30. The van der Waals surface area contributed by atoms with E-state index in [0.717, 1.165) is 12.1 Å². The van der Waals surface area contributed by atoms with E-state index in [1.165, 1.54) is 16.4 Å². The van der Waals surface area contributed by atoms with Crippen molar-refractivity contribution in [2.45, 2.75) is 6.18 Å². The van der Waals surface area contributed by atoms with Gasteiger partial charge >= 0.3 is 12.2 Å². The number of piperazine rings is 1. The first-order valence-electron chi connectivity index (χ1n) is 9.37. The molecular formula is C18H21F3N6O3S. The second-order valence-corrected chi connectivity index (χ2v) is 8.80. The van der Waals surface area contributed by atoms with E-state index in [2.05, 4.69) is 20.6 Å². The number of halogens is 3. The van der Waals surface area contributed by atoms with Crippen molar-refractivity contribution in [1.82, 2.24) is 19.6 Å². The SMILES string of the molecule is O=C(NCCS(=O)(=O)N1CCN(c2ncccn2)CC1)Nc1cccc(C(F)(F)F)c1. The third kappa shape index (κ3) is 6.28. The number of hydrogen-bond acceptors (Lipinski definition) is 6. The number of carbonyl (C=O) groups excluding carboxylic acids is 1. The Morgan fingerprint density at radius 3 is 2.39 bits per heavy atom. The van der Waals surface area contributed by atoms with Gasteiger partial charge in [0.15, 0.2) is 0 Å². The number of carbonyl (C=O) groups is 1. The van der Waals surface area contributed by atoms with Gasteiger partial charge in [-0.3, -0.25) is 0 Å². The summed E-state index contributed by atoms with van der Waals surface area (Å²) < 4.78 is 64.5. The van der Waals surface area contributed by atoms with Crippen LogP contribution in [0.25, 0.3) is 0 Å². The van der Waals surface area contributed by atoms with Crippen LogP contribution >= 0.6 is 0 Å². The fourth-order valence-corrected chi connectivity index (χ4v) is 4.33. The second-order valence-electron chi connectivity index (χ2n) is 6.71. The number of sulfonamides is 1. The first-order valence-corrected chi connectivity index (χ1v) is 11.0. The molecule has 0 unspecified atom stereocenters. The first-order chi connectivity index (χ1) is 14.6.